The molecule has 0 bridgehead atoms. The minimum absolute atomic E-state index is 0.0401. The number of rotatable bonds is 6. The van der Waals surface area contributed by atoms with Gasteiger partial charge in [-0.15, -0.1) is 0 Å². The third-order valence-corrected chi connectivity index (χ3v) is 5.74. The van der Waals surface area contributed by atoms with E-state index in [0.717, 1.165) is 17.4 Å². The molecule has 0 aromatic carbocycles. The van der Waals surface area contributed by atoms with Gasteiger partial charge in [-0.2, -0.15) is 9.61 Å². The van der Waals surface area contributed by atoms with Crippen LogP contribution in [-0.2, 0) is 16.1 Å². The summed E-state index contributed by atoms with van der Waals surface area (Å²) in [7, 11) is 0. The number of carbonyl (C=O) groups is 2. The molecule has 0 spiro atoms. The van der Waals surface area contributed by atoms with Crippen molar-refractivity contribution in [3.8, 4) is 5.88 Å². The van der Waals surface area contributed by atoms with Crippen LogP contribution in [0.15, 0.2) is 17.1 Å². The number of hydrogen-bond donors (Lipinski definition) is 2. The molecule has 33 heavy (non-hydrogen) atoms. The van der Waals surface area contributed by atoms with Crippen LogP contribution in [0.3, 0.4) is 0 Å². The van der Waals surface area contributed by atoms with Crippen molar-refractivity contribution in [3.05, 3.63) is 33.8 Å². The third kappa shape index (κ3) is 4.80. The van der Waals surface area contributed by atoms with Gasteiger partial charge in [0, 0.05) is 37.3 Å². The second-order valence-corrected chi connectivity index (χ2v) is 9.43. The monoisotopic (exact) mass is 457 g/mol. The van der Waals surface area contributed by atoms with Crippen LogP contribution < -0.4 is 10.9 Å². The maximum Gasteiger partial charge on any atom is 0.291 e. The van der Waals surface area contributed by atoms with Crippen molar-refractivity contribution in [1.82, 2.24) is 24.4 Å². The first-order valence-electron chi connectivity index (χ1n) is 11.4. The second-order valence-electron chi connectivity index (χ2n) is 9.43. The number of aromatic nitrogens is 3. The van der Waals surface area contributed by atoms with Crippen molar-refractivity contribution in [2.24, 2.45) is 5.92 Å². The van der Waals surface area contributed by atoms with E-state index < -0.39 is 17.3 Å². The first kappa shape index (κ1) is 23.0. The molecule has 0 unspecified atom stereocenters. The highest BCUT2D eigenvalue weighted by molar-refractivity contribution is 5.97. The van der Waals surface area contributed by atoms with Gasteiger partial charge in [0.15, 0.2) is 5.56 Å². The Kier molecular flexibility index (Phi) is 6.29. The van der Waals surface area contributed by atoms with Gasteiger partial charge in [0.2, 0.25) is 11.8 Å². The molecular weight excluding hydrogens is 426 g/mol. The van der Waals surface area contributed by atoms with E-state index in [1.54, 1.807) is 11.0 Å². The Morgan fingerprint density at radius 1 is 1.27 bits per heavy atom. The zero-order chi connectivity index (χ0) is 23.9. The Labute approximate surface area is 191 Å². The highest BCUT2D eigenvalue weighted by Gasteiger charge is 2.30. The van der Waals surface area contributed by atoms with Gasteiger partial charge in [0.25, 0.3) is 11.5 Å². The van der Waals surface area contributed by atoms with E-state index in [0.29, 0.717) is 30.8 Å². The topological polar surface area (TPSA) is 118 Å². The van der Waals surface area contributed by atoms with Crippen molar-refractivity contribution in [1.29, 1.82) is 0 Å². The lowest BCUT2D eigenvalue weighted by Gasteiger charge is -2.34. The van der Waals surface area contributed by atoms with E-state index in [-0.39, 0.29) is 35.6 Å². The number of aromatic hydroxyl groups is 1. The summed E-state index contributed by atoms with van der Waals surface area (Å²) in [4.78, 5) is 40.2. The van der Waals surface area contributed by atoms with E-state index >= 15 is 0 Å². The van der Waals surface area contributed by atoms with Crippen LogP contribution in [0.2, 0.25) is 0 Å². The van der Waals surface area contributed by atoms with Crippen molar-refractivity contribution < 1.29 is 19.4 Å². The molecule has 178 valence electrons. The summed E-state index contributed by atoms with van der Waals surface area (Å²) >= 11 is 0. The van der Waals surface area contributed by atoms with Gasteiger partial charge < -0.3 is 20.1 Å². The Hall–Kier alpha value is -3.14. The molecule has 1 saturated carbocycles. The van der Waals surface area contributed by atoms with Gasteiger partial charge in [-0.05, 0) is 38.7 Å². The number of hydrogen-bond acceptors (Lipinski definition) is 6. The molecule has 4 rings (SSSR count). The predicted octanol–water partition coefficient (Wildman–Crippen LogP) is 1.40. The van der Waals surface area contributed by atoms with Crippen LogP contribution in [0.4, 0.5) is 0 Å². The molecular formula is C23H31N5O5. The van der Waals surface area contributed by atoms with Crippen molar-refractivity contribution in [2.75, 3.05) is 13.1 Å². The zero-order valence-corrected chi connectivity index (χ0v) is 19.4. The molecule has 2 fully saturated rings. The molecule has 2 aromatic heterocycles. The number of carbonyl (C=O) groups excluding carboxylic acids is 2. The number of morpholine rings is 1. The first-order chi connectivity index (χ1) is 15.7. The van der Waals surface area contributed by atoms with Crippen LogP contribution in [0.25, 0.3) is 11.7 Å². The minimum atomic E-state index is -0.692. The smallest absolute Gasteiger partial charge is 0.291 e. The quantitative estimate of drug-likeness (QED) is 0.633. The number of nitrogens with zero attached hydrogens (tertiary/aromatic N) is 4. The molecule has 1 saturated heterocycles. The van der Waals surface area contributed by atoms with E-state index in [1.807, 2.05) is 27.7 Å². The summed E-state index contributed by atoms with van der Waals surface area (Å²) in [6.45, 7) is 9.15. The van der Waals surface area contributed by atoms with Crippen LogP contribution in [0.1, 0.15) is 56.5 Å². The fourth-order valence-corrected chi connectivity index (χ4v) is 4.17. The predicted molar refractivity (Wildman–Crippen MR) is 122 cm³/mol. The summed E-state index contributed by atoms with van der Waals surface area (Å²) < 4.78 is 8.32. The van der Waals surface area contributed by atoms with Crippen molar-refractivity contribution in [2.45, 2.75) is 65.3 Å². The summed E-state index contributed by atoms with van der Waals surface area (Å²) in [5, 5.41) is 17.9. The Morgan fingerprint density at radius 2 is 1.94 bits per heavy atom. The Bertz CT molecular complexity index is 1150. The molecule has 2 aromatic rings. The van der Waals surface area contributed by atoms with E-state index in [9.17, 15) is 19.5 Å². The molecule has 1 aliphatic heterocycles. The molecule has 1 aliphatic carbocycles. The summed E-state index contributed by atoms with van der Waals surface area (Å²) in [5.74, 6) is -1.04. The number of ether oxygens (including phenoxy) is 1. The van der Waals surface area contributed by atoms with Crippen LogP contribution in [0, 0.1) is 5.92 Å². The summed E-state index contributed by atoms with van der Waals surface area (Å²) in [6.07, 6.45) is 6.13. The lowest BCUT2D eigenvalue weighted by molar-refractivity contribution is -0.137. The molecule has 2 aliphatic rings. The number of nitrogens with one attached hydrogen (secondary N) is 1. The Morgan fingerprint density at radius 3 is 2.55 bits per heavy atom. The van der Waals surface area contributed by atoms with Gasteiger partial charge in [-0.3, -0.25) is 19.0 Å². The zero-order valence-electron chi connectivity index (χ0n) is 19.4. The number of fused-ring (bicyclic) bond motifs is 1. The molecule has 10 nitrogen and oxygen atoms in total. The highest BCUT2D eigenvalue weighted by Crippen LogP contribution is 2.24. The van der Waals surface area contributed by atoms with E-state index in [4.69, 9.17) is 4.74 Å². The van der Waals surface area contributed by atoms with E-state index in [1.165, 1.54) is 16.8 Å². The summed E-state index contributed by atoms with van der Waals surface area (Å²) in [6, 6.07) is 0.0401. The first-order valence-corrected chi connectivity index (χ1v) is 11.4. The molecule has 3 heterocycles. The number of amides is 2. The van der Waals surface area contributed by atoms with Gasteiger partial charge in [0.1, 0.15) is 5.65 Å². The minimum Gasteiger partial charge on any atom is -0.494 e. The molecule has 2 atom stereocenters. The van der Waals surface area contributed by atoms with Gasteiger partial charge >= 0.3 is 0 Å². The maximum atomic E-state index is 13.1. The van der Waals surface area contributed by atoms with E-state index in [2.05, 4.69) is 10.4 Å². The molecule has 2 N–H and O–H groups in total. The van der Waals surface area contributed by atoms with Crippen molar-refractivity contribution >= 4 is 23.5 Å². The molecule has 0 radical (unpaired) electrons. The van der Waals surface area contributed by atoms with Crippen LogP contribution in [0.5, 0.6) is 5.88 Å². The average molecular weight is 458 g/mol. The molecule has 10 heteroatoms. The highest BCUT2D eigenvalue weighted by atomic mass is 16.5. The Balaban J connectivity index is 1.72. The van der Waals surface area contributed by atoms with Crippen molar-refractivity contribution in [3.63, 3.8) is 0 Å². The fourth-order valence-electron chi connectivity index (χ4n) is 4.17. The lowest BCUT2D eigenvalue weighted by Crippen LogP contribution is -2.47. The second kappa shape index (κ2) is 9.01. The summed E-state index contributed by atoms with van der Waals surface area (Å²) in [5.41, 5.74) is -0.176. The maximum absolute atomic E-state index is 13.1. The average Bonchev–Trinajstić information content (AvgIpc) is 3.44. The fraction of sp³-hybridized carbons (Fsp3) is 0.565. The van der Waals surface area contributed by atoms with Crippen LogP contribution in [-0.4, -0.2) is 67.3 Å². The van der Waals surface area contributed by atoms with Gasteiger partial charge in [0.05, 0.1) is 18.4 Å². The van der Waals surface area contributed by atoms with Gasteiger partial charge in [-0.25, -0.2) is 0 Å². The molecule has 2 amide bonds. The lowest BCUT2D eigenvalue weighted by atomic mass is 10.2. The normalized spacial score (nSPS) is 21.3. The largest absolute Gasteiger partial charge is 0.494 e. The standard InChI is InChI=1S/C23H31N5O5/c1-13(2)10-27-21-16(5-8-18(29)26-11-14(3)33-15(4)12-26)9-24-28(21)23(32)19(22(27)31)20(30)25-17-6-7-17/h5,8-9,13-15,17,31H,6-7,10-12H2,1-4H3,(H,25,30)/b8-5+/t14-,15-/m0/s1. The third-order valence-electron chi connectivity index (χ3n) is 5.74. The van der Waals surface area contributed by atoms with Gasteiger partial charge in [-0.1, -0.05) is 13.8 Å². The SMILES string of the molecule is CC(C)Cn1c(O)c(C(=O)NC2CC2)c(=O)n2ncc(/C=C/C(=O)N3C[C@H](C)O[C@@H](C)C3)c12. The van der Waals surface area contributed by atoms with Crippen LogP contribution >= 0.6 is 0 Å².